The van der Waals surface area contributed by atoms with E-state index in [1.807, 2.05) is 47.4 Å². The first kappa shape index (κ1) is 19.3. The molecule has 0 atom stereocenters. The first-order valence-corrected chi connectivity index (χ1v) is 9.73. The van der Waals surface area contributed by atoms with Gasteiger partial charge in [-0.3, -0.25) is 4.79 Å². The highest BCUT2D eigenvalue weighted by Crippen LogP contribution is 2.28. The van der Waals surface area contributed by atoms with E-state index in [1.54, 1.807) is 11.0 Å². The first-order chi connectivity index (χ1) is 14.9. The first-order valence-electron chi connectivity index (χ1n) is 9.73. The number of rotatable bonds is 2. The van der Waals surface area contributed by atoms with Crippen molar-refractivity contribution in [3.8, 4) is 0 Å². The molecule has 5 rings (SSSR count). The van der Waals surface area contributed by atoms with Gasteiger partial charge in [-0.15, -0.1) is 15.3 Å². The van der Waals surface area contributed by atoms with Crippen molar-refractivity contribution in [1.82, 2.24) is 24.7 Å². The van der Waals surface area contributed by atoms with Crippen molar-refractivity contribution in [2.24, 2.45) is 0 Å². The summed E-state index contributed by atoms with van der Waals surface area (Å²) in [5.74, 6) is -0.836. The zero-order valence-electron chi connectivity index (χ0n) is 16.3. The van der Waals surface area contributed by atoms with Gasteiger partial charge in [0.15, 0.2) is 5.65 Å². The molecular weight excluding hydrogens is 409 g/mol. The average molecular weight is 426 g/mol. The van der Waals surface area contributed by atoms with Crippen LogP contribution < -0.4 is 4.90 Å². The van der Waals surface area contributed by atoms with Crippen molar-refractivity contribution in [3.05, 3.63) is 66.0 Å². The van der Waals surface area contributed by atoms with E-state index in [0.29, 0.717) is 42.1 Å². The van der Waals surface area contributed by atoms with Gasteiger partial charge in [0, 0.05) is 31.7 Å². The van der Waals surface area contributed by atoms with Crippen LogP contribution in [-0.2, 0) is 6.18 Å². The van der Waals surface area contributed by atoms with E-state index in [0.717, 1.165) is 10.8 Å². The van der Waals surface area contributed by atoms with Crippen LogP contribution in [0.2, 0.25) is 0 Å². The number of nitrogens with zero attached hydrogens (tertiary/aromatic N) is 6. The second-order valence-electron chi connectivity index (χ2n) is 7.32. The summed E-state index contributed by atoms with van der Waals surface area (Å²) in [5.41, 5.74) is 0.646. The molecule has 0 saturated carbocycles. The van der Waals surface area contributed by atoms with E-state index in [-0.39, 0.29) is 11.6 Å². The Bertz CT molecular complexity index is 1280. The molecule has 0 unspecified atom stereocenters. The quantitative estimate of drug-likeness (QED) is 0.492. The monoisotopic (exact) mass is 426 g/mol. The van der Waals surface area contributed by atoms with Gasteiger partial charge in [0.05, 0.1) is 0 Å². The number of fused-ring (bicyclic) bond motifs is 2. The minimum Gasteiger partial charge on any atom is -0.352 e. The Kier molecular flexibility index (Phi) is 4.49. The maximum atomic E-state index is 13.1. The van der Waals surface area contributed by atoms with Gasteiger partial charge >= 0.3 is 6.18 Å². The highest BCUT2D eigenvalue weighted by molar-refractivity contribution is 5.98. The van der Waals surface area contributed by atoms with Crippen LogP contribution in [0, 0.1) is 0 Å². The average Bonchev–Trinajstić information content (AvgIpc) is 3.22. The van der Waals surface area contributed by atoms with Crippen LogP contribution in [0.5, 0.6) is 0 Å². The molecule has 2 aromatic carbocycles. The van der Waals surface area contributed by atoms with Crippen molar-refractivity contribution < 1.29 is 18.0 Å². The van der Waals surface area contributed by atoms with Gasteiger partial charge in [-0.05, 0) is 35.0 Å². The summed E-state index contributed by atoms with van der Waals surface area (Å²) in [5, 5.41) is 12.9. The molecule has 1 amide bonds. The summed E-state index contributed by atoms with van der Waals surface area (Å²) in [6, 6.07) is 16.5. The Balaban J connectivity index is 1.32. The van der Waals surface area contributed by atoms with Crippen molar-refractivity contribution in [3.63, 3.8) is 0 Å². The fourth-order valence-corrected chi connectivity index (χ4v) is 3.77. The second-order valence-corrected chi connectivity index (χ2v) is 7.32. The summed E-state index contributed by atoms with van der Waals surface area (Å²) in [6.45, 7) is 1.81. The largest absolute Gasteiger partial charge is 0.453 e. The molecule has 1 aliphatic heterocycles. The van der Waals surface area contributed by atoms with Crippen molar-refractivity contribution in [2.45, 2.75) is 6.18 Å². The van der Waals surface area contributed by atoms with Crippen LogP contribution in [0.1, 0.15) is 16.2 Å². The molecular formula is C21H17F3N6O. The molecule has 158 valence electrons. The lowest BCUT2D eigenvalue weighted by molar-refractivity contribution is -0.146. The van der Waals surface area contributed by atoms with Gasteiger partial charge in [-0.1, -0.05) is 30.3 Å². The minimum atomic E-state index is -4.64. The smallest absolute Gasteiger partial charge is 0.352 e. The van der Waals surface area contributed by atoms with Crippen LogP contribution in [-0.4, -0.2) is 56.8 Å². The van der Waals surface area contributed by atoms with Crippen LogP contribution in [0.25, 0.3) is 16.4 Å². The van der Waals surface area contributed by atoms with Crippen molar-refractivity contribution in [2.75, 3.05) is 31.1 Å². The summed E-state index contributed by atoms with van der Waals surface area (Å²) in [6.07, 6.45) is -4.64. The molecule has 1 saturated heterocycles. The lowest BCUT2D eigenvalue weighted by atomic mass is 10.1. The molecule has 0 radical (unpaired) electrons. The lowest BCUT2D eigenvalue weighted by Gasteiger charge is -2.35. The molecule has 1 aliphatic rings. The molecule has 3 heterocycles. The van der Waals surface area contributed by atoms with Crippen LogP contribution >= 0.6 is 0 Å². The topological polar surface area (TPSA) is 66.6 Å². The molecule has 0 N–H and O–H groups in total. The molecule has 1 fully saturated rings. The number of amides is 1. The Morgan fingerprint density at radius 1 is 0.871 bits per heavy atom. The van der Waals surface area contributed by atoms with Gasteiger partial charge in [0.2, 0.25) is 0 Å². The Labute approximate surface area is 174 Å². The summed E-state index contributed by atoms with van der Waals surface area (Å²) in [7, 11) is 0. The molecule has 0 spiro atoms. The third-order valence-corrected chi connectivity index (χ3v) is 5.39. The maximum Gasteiger partial charge on any atom is 0.453 e. The highest BCUT2D eigenvalue weighted by Gasteiger charge is 2.38. The summed E-state index contributed by atoms with van der Waals surface area (Å²) < 4.78 is 40.0. The van der Waals surface area contributed by atoms with E-state index in [1.165, 1.54) is 6.07 Å². The number of aromatic nitrogens is 4. The summed E-state index contributed by atoms with van der Waals surface area (Å²) >= 11 is 0. The van der Waals surface area contributed by atoms with Gasteiger partial charge < -0.3 is 9.80 Å². The van der Waals surface area contributed by atoms with Crippen LogP contribution in [0.15, 0.2) is 54.6 Å². The number of hydrogen-bond acceptors (Lipinski definition) is 5. The van der Waals surface area contributed by atoms with Crippen molar-refractivity contribution in [1.29, 1.82) is 0 Å². The SMILES string of the molecule is O=C(c1ccc2ccccc2c1)N1CCN(c2ccc3nnc(C(F)(F)F)n3n2)CC1. The predicted octanol–water partition coefficient (Wildman–Crippen LogP) is 3.26. The van der Waals surface area contributed by atoms with E-state index in [9.17, 15) is 18.0 Å². The molecule has 0 aliphatic carbocycles. The predicted molar refractivity (Wildman–Crippen MR) is 108 cm³/mol. The van der Waals surface area contributed by atoms with E-state index >= 15 is 0 Å². The standard InChI is InChI=1S/C21H17F3N6O/c22-21(23,24)20-26-25-17-7-8-18(27-30(17)20)28-9-11-29(12-10-28)19(31)16-6-5-14-3-1-2-4-15(14)13-16/h1-8,13H,9-12H2. The number of carbonyl (C=O) groups is 1. The van der Waals surface area contributed by atoms with Gasteiger partial charge in [0.1, 0.15) is 5.82 Å². The zero-order chi connectivity index (χ0) is 21.6. The van der Waals surface area contributed by atoms with E-state index in [4.69, 9.17) is 0 Å². The number of benzene rings is 2. The van der Waals surface area contributed by atoms with Gasteiger partial charge in [-0.2, -0.15) is 17.7 Å². The third kappa shape index (κ3) is 3.54. The number of alkyl halides is 3. The number of anilines is 1. The molecule has 4 aromatic rings. The third-order valence-electron chi connectivity index (χ3n) is 5.39. The Hall–Kier alpha value is -3.69. The number of carbonyl (C=O) groups excluding carboxylic acids is 1. The Morgan fingerprint density at radius 2 is 1.61 bits per heavy atom. The highest BCUT2D eigenvalue weighted by atomic mass is 19.4. The maximum absolute atomic E-state index is 13.1. The normalized spacial score (nSPS) is 15.1. The fourth-order valence-electron chi connectivity index (χ4n) is 3.77. The minimum absolute atomic E-state index is 0.0289. The molecule has 10 heteroatoms. The second kappa shape index (κ2) is 7.22. The van der Waals surface area contributed by atoms with E-state index in [2.05, 4.69) is 15.3 Å². The molecule has 7 nitrogen and oxygen atoms in total. The summed E-state index contributed by atoms with van der Waals surface area (Å²) in [4.78, 5) is 16.5. The van der Waals surface area contributed by atoms with Crippen molar-refractivity contribution >= 4 is 28.1 Å². The van der Waals surface area contributed by atoms with Crippen LogP contribution in [0.3, 0.4) is 0 Å². The Morgan fingerprint density at radius 3 is 2.35 bits per heavy atom. The van der Waals surface area contributed by atoms with Gasteiger partial charge in [0.25, 0.3) is 11.7 Å². The van der Waals surface area contributed by atoms with Crippen LogP contribution in [0.4, 0.5) is 19.0 Å². The van der Waals surface area contributed by atoms with E-state index < -0.39 is 12.0 Å². The number of halogens is 3. The van der Waals surface area contributed by atoms with Gasteiger partial charge in [-0.25, -0.2) is 0 Å². The zero-order valence-corrected chi connectivity index (χ0v) is 16.3. The molecule has 2 aromatic heterocycles. The fraction of sp³-hybridized carbons (Fsp3) is 0.238. The number of piperazine rings is 1. The molecule has 31 heavy (non-hydrogen) atoms. The number of hydrogen-bond donors (Lipinski definition) is 0. The molecule has 0 bridgehead atoms. The lowest BCUT2D eigenvalue weighted by Crippen LogP contribution is -2.49.